The van der Waals surface area contributed by atoms with Crippen molar-refractivity contribution in [1.82, 2.24) is 5.32 Å². The Balaban J connectivity index is 1.98. The van der Waals surface area contributed by atoms with Crippen LogP contribution in [0.25, 0.3) is 6.08 Å². The van der Waals surface area contributed by atoms with Crippen molar-refractivity contribution < 1.29 is 18.7 Å². The molecule has 1 fully saturated rings. The second-order valence-corrected chi connectivity index (χ2v) is 5.06. The molecule has 0 bridgehead atoms. The topological polar surface area (TPSA) is 71.8 Å². The number of ether oxygens (including phenoxy) is 1. The van der Waals surface area contributed by atoms with Gasteiger partial charge in [-0.2, -0.15) is 0 Å². The third kappa shape index (κ3) is 2.86. The van der Waals surface area contributed by atoms with Crippen molar-refractivity contribution in [2.45, 2.75) is 0 Å². The highest BCUT2D eigenvalue weighted by Crippen LogP contribution is 2.24. The van der Waals surface area contributed by atoms with Crippen LogP contribution in [-0.2, 0) is 9.59 Å². The predicted octanol–water partition coefficient (Wildman–Crippen LogP) is 2.12. The minimum absolute atomic E-state index is 0.0294. The van der Waals surface area contributed by atoms with Crippen LogP contribution in [0.1, 0.15) is 5.76 Å². The van der Waals surface area contributed by atoms with Gasteiger partial charge in [-0.05, 0) is 54.7 Å². The number of carbonyl (C=O) groups excluding carboxylic acids is 2. The molecular formula is C16H12N2O4S. The summed E-state index contributed by atoms with van der Waals surface area (Å²) in [7, 11) is 1.55. The average Bonchev–Trinajstić information content (AvgIpc) is 3.05. The number of nitrogens with one attached hydrogen (secondary N) is 1. The predicted molar refractivity (Wildman–Crippen MR) is 87.9 cm³/mol. The lowest BCUT2D eigenvalue weighted by atomic mass is 10.1. The van der Waals surface area contributed by atoms with Gasteiger partial charge in [-0.15, -0.1) is 0 Å². The number of amides is 2. The molecule has 116 valence electrons. The number of nitrogens with zero attached hydrogens (tertiary/aromatic N) is 1. The van der Waals surface area contributed by atoms with Crippen LogP contribution in [0.3, 0.4) is 0 Å². The standard InChI is InChI=1S/C16H12N2O4S/c1-21-11-6-4-10(5-7-11)18-15(20)13(14(19)17-16(18)23)9-12-3-2-8-22-12/h2-9H,1H3,(H,17,19,23)/b13-9+. The number of benzene rings is 1. The van der Waals surface area contributed by atoms with E-state index in [1.165, 1.54) is 17.2 Å². The highest BCUT2D eigenvalue weighted by molar-refractivity contribution is 7.80. The van der Waals surface area contributed by atoms with Crippen LogP contribution < -0.4 is 15.0 Å². The Kier molecular flexibility index (Phi) is 3.94. The van der Waals surface area contributed by atoms with Crippen LogP contribution in [-0.4, -0.2) is 24.0 Å². The van der Waals surface area contributed by atoms with Gasteiger partial charge in [0.15, 0.2) is 5.11 Å². The molecule has 3 rings (SSSR count). The molecule has 0 spiro atoms. The maximum atomic E-state index is 12.7. The molecule has 1 aromatic heterocycles. The minimum Gasteiger partial charge on any atom is -0.497 e. The first-order chi connectivity index (χ1) is 11.1. The van der Waals surface area contributed by atoms with Crippen molar-refractivity contribution in [3.8, 4) is 5.75 Å². The fraction of sp³-hybridized carbons (Fsp3) is 0.0625. The minimum atomic E-state index is -0.554. The van der Waals surface area contributed by atoms with Gasteiger partial charge in [0.05, 0.1) is 19.1 Å². The Labute approximate surface area is 137 Å². The smallest absolute Gasteiger partial charge is 0.270 e. The first-order valence-electron chi connectivity index (χ1n) is 6.69. The monoisotopic (exact) mass is 328 g/mol. The molecule has 1 aliphatic rings. The zero-order valence-corrected chi connectivity index (χ0v) is 12.9. The molecular weight excluding hydrogens is 316 g/mol. The molecule has 0 unspecified atom stereocenters. The van der Waals surface area contributed by atoms with E-state index in [1.54, 1.807) is 43.5 Å². The maximum Gasteiger partial charge on any atom is 0.270 e. The molecule has 1 aliphatic heterocycles. The van der Waals surface area contributed by atoms with E-state index >= 15 is 0 Å². The van der Waals surface area contributed by atoms with Gasteiger partial charge in [0.2, 0.25) is 0 Å². The van der Waals surface area contributed by atoms with E-state index in [-0.39, 0.29) is 10.7 Å². The second-order valence-electron chi connectivity index (χ2n) is 4.67. The van der Waals surface area contributed by atoms with E-state index < -0.39 is 11.8 Å². The van der Waals surface area contributed by atoms with Crippen molar-refractivity contribution >= 4 is 40.9 Å². The summed E-state index contributed by atoms with van der Waals surface area (Å²) in [4.78, 5) is 26.0. The quantitative estimate of drug-likeness (QED) is 0.531. The highest BCUT2D eigenvalue weighted by Gasteiger charge is 2.34. The van der Waals surface area contributed by atoms with Crippen LogP contribution in [0.4, 0.5) is 5.69 Å². The summed E-state index contributed by atoms with van der Waals surface area (Å²) in [6.45, 7) is 0. The normalized spacial score (nSPS) is 16.7. The van der Waals surface area contributed by atoms with Crippen molar-refractivity contribution in [2.24, 2.45) is 0 Å². The van der Waals surface area contributed by atoms with Gasteiger partial charge in [0.25, 0.3) is 11.8 Å². The summed E-state index contributed by atoms with van der Waals surface area (Å²) in [5, 5.41) is 2.54. The zero-order chi connectivity index (χ0) is 16.4. The molecule has 2 amide bonds. The van der Waals surface area contributed by atoms with E-state index in [2.05, 4.69) is 5.32 Å². The van der Waals surface area contributed by atoms with Gasteiger partial charge in [-0.25, -0.2) is 0 Å². The lowest BCUT2D eigenvalue weighted by Crippen LogP contribution is -2.54. The number of anilines is 1. The molecule has 2 aromatic rings. The van der Waals surface area contributed by atoms with Crippen molar-refractivity contribution in [1.29, 1.82) is 0 Å². The Morgan fingerprint density at radius 2 is 1.96 bits per heavy atom. The zero-order valence-electron chi connectivity index (χ0n) is 12.1. The Bertz CT molecular complexity index is 794. The number of rotatable bonds is 3. The van der Waals surface area contributed by atoms with Crippen LogP contribution in [0, 0.1) is 0 Å². The first-order valence-corrected chi connectivity index (χ1v) is 7.10. The summed E-state index contributed by atoms with van der Waals surface area (Å²) < 4.78 is 10.2. The Morgan fingerprint density at radius 3 is 2.57 bits per heavy atom. The van der Waals surface area contributed by atoms with Gasteiger partial charge >= 0.3 is 0 Å². The third-order valence-electron chi connectivity index (χ3n) is 3.26. The number of hydrogen-bond acceptors (Lipinski definition) is 5. The molecule has 0 radical (unpaired) electrons. The van der Waals surface area contributed by atoms with Gasteiger partial charge in [-0.1, -0.05) is 0 Å². The van der Waals surface area contributed by atoms with E-state index in [9.17, 15) is 9.59 Å². The molecule has 0 atom stereocenters. The van der Waals surface area contributed by atoms with Crippen LogP contribution >= 0.6 is 12.2 Å². The first kappa shape index (κ1) is 15.0. The molecule has 0 saturated carbocycles. The lowest BCUT2D eigenvalue weighted by Gasteiger charge is -2.28. The van der Waals surface area contributed by atoms with Crippen molar-refractivity contribution in [2.75, 3.05) is 12.0 Å². The molecule has 1 saturated heterocycles. The van der Waals surface area contributed by atoms with Crippen LogP contribution in [0.5, 0.6) is 5.75 Å². The number of hydrogen-bond donors (Lipinski definition) is 1. The Morgan fingerprint density at radius 1 is 1.22 bits per heavy atom. The highest BCUT2D eigenvalue weighted by atomic mass is 32.1. The second kappa shape index (κ2) is 6.05. The SMILES string of the molecule is COc1ccc(N2C(=O)/C(=C/c3ccco3)C(=O)NC2=S)cc1. The number of thiocarbonyl (C=S) groups is 1. The summed E-state index contributed by atoms with van der Waals surface area (Å²) in [5.41, 5.74) is 0.482. The number of furan rings is 1. The summed E-state index contributed by atoms with van der Waals surface area (Å²) in [5.74, 6) is -0.00742. The molecule has 7 heteroatoms. The van der Waals surface area contributed by atoms with Crippen LogP contribution in [0.15, 0.2) is 52.7 Å². The third-order valence-corrected chi connectivity index (χ3v) is 3.55. The fourth-order valence-corrected chi connectivity index (χ4v) is 2.42. The lowest BCUT2D eigenvalue weighted by molar-refractivity contribution is -0.122. The van der Waals surface area contributed by atoms with Gasteiger partial charge in [-0.3, -0.25) is 19.8 Å². The molecule has 23 heavy (non-hydrogen) atoms. The van der Waals surface area contributed by atoms with Crippen LogP contribution in [0.2, 0.25) is 0 Å². The number of methoxy groups -OCH3 is 1. The fourth-order valence-electron chi connectivity index (χ4n) is 2.14. The molecule has 6 nitrogen and oxygen atoms in total. The van der Waals surface area contributed by atoms with Crippen molar-refractivity contribution in [3.05, 3.63) is 54.0 Å². The Hall–Kier alpha value is -2.93. The molecule has 2 heterocycles. The van der Waals surface area contributed by atoms with E-state index in [0.29, 0.717) is 17.2 Å². The van der Waals surface area contributed by atoms with E-state index in [0.717, 1.165) is 0 Å². The van der Waals surface area contributed by atoms with Gasteiger partial charge in [0, 0.05) is 0 Å². The van der Waals surface area contributed by atoms with Gasteiger partial charge < -0.3 is 9.15 Å². The van der Waals surface area contributed by atoms with E-state index in [1.807, 2.05) is 0 Å². The van der Waals surface area contributed by atoms with Crippen molar-refractivity contribution in [3.63, 3.8) is 0 Å². The van der Waals surface area contributed by atoms with Gasteiger partial charge in [0.1, 0.15) is 17.1 Å². The summed E-state index contributed by atoms with van der Waals surface area (Å²) in [6.07, 6.45) is 2.85. The largest absolute Gasteiger partial charge is 0.497 e. The number of carbonyl (C=O) groups is 2. The average molecular weight is 328 g/mol. The summed E-state index contributed by atoms with van der Waals surface area (Å²) >= 11 is 5.12. The van der Waals surface area contributed by atoms with E-state index in [4.69, 9.17) is 21.4 Å². The summed E-state index contributed by atoms with van der Waals surface area (Å²) in [6, 6.07) is 10.1. The molecule has 1 aromatic carbocycles. The maximum absolute atomic E-state index is 12.7. The molecule has 1 N–H and O–H groups in total. The molecule has 0 aliphatic carbocycles.